The first-order chi connectivity index (χ1) is 14.5. The lowest BCUT2D eigenvalue weighted by atomic mass is 10.1. The van der Waals surface area contributed by atoms with Crippen molar-refractivity contribution in [3.05, 3.63) is 80.2 Å². The van der Waals surface area contributed by atoms with Crippen molar-refractivity contribution in [1.29, 1.82) is 0 Å². The molecule has 0 spiro atoms. The molecule has 1 N–H and O–H groups in total. The van der Waals surface area contributed by atoms with Gasteiger partial charge in [-0.05, 0) is 48.9 Å². The molecule has 2 heterocycles. The summed E-state index contributed by atoms with van der Waals surface area (Å²) in [5.41, 5.74) is 3.72. The van der Waals surface area contributed by atoms with E-state index in [9.17, 15) is 4.79 Å². The van der Waals surface area contributed by atoms with E-state index in [2.05, 4.69) is 42.8 Å². The molecule has 4 rings (SSSR count). The Morgan fingerprint density at radius 2 is 1.63 bits per heavy atom. The van der Waals surface area contributed by atoms with Gasteiger partial charge in [0, 0.05) is 48.3 Å². The average molecular weight is 469 g/mol. The Morgan fingerprint density at radius 3 is 2.23 bits per heavy atom. The first kappa shape index (κ1) is 20.5. The lowest BCUT2D eigenvalue weighted by molar-refractivity contribution is 0.415. The highest BCUT2D eigenvalue weighted by Crippen LogP contribution is 2.22. The minimum atomic E-state index is -0.0574. The fraction of sp³-hybridized carbons (Fsp3) is 0.304. The van der Waals surface area contributed by atoms with E-state index in [1.165, 1.54) is 5.69 Å². The van der Waals surface area contributed by atoms with E-state index in [4.69, 9.17) is 9.72 Å². The van der Waals surface area contributed by atoms with Crippen molar-refractivity contribution >= 4 is 27.6 Å². The van der Waals surface area contributed by atoms with Crippen LogP contribution in [0.25, 0.3) is 0 Å². The van der Waals surface area contributed by atoms with Gasteiger partial charge in [0.05, 0.1) is 12.8 Å². The predicted molar refractivity (Wildman–Crippen MR) is 124 cm³/mol. The molecule has 1 aliphatic heterocycles. The van der Waals surface area contributed by atoms with E-state index in [1.807, 2.05) is 43.3 Å². The third-order valence-corrected chi connectivity index (χ3v) is 6.05. The highest BCUT2D eigenvalue weighted by atomic mass is 79.9. The maximum absolute atomic E-state index is 12.8. The van der Waals surface area contributed by atoms with Gasteiger partial charge >= 0.3 is 0 Å². The van der Waals surface area contributed by atoms with Crippen LogP contribution in [0.4, 0.5) is 11.6 Å². The number of nitrogens with zero attached hydrogens (tertiary/aromatic N) is 3. The molecule has 0 radical (unpaired) electrons. The fourth-order valence-electron chi connectivity index (χ4n) is 3.73. The average Bonchev–Trinajstić information content (AvgIpc) is 2.77. The molecule has 30 heavy (non-hydrogen) atoms. The molecule has 1 aliphatic rings. The fourth-order valence-corrected chi connectivity index (χ4v) is 3.99. The van der Waals surface area contributed by atoms with Gasteiger partial charge < -0.3 is 14.5 Å². The van der Waals surface area contributed by atoms with E-state index in [0.717, 1.165) is 53.2 Å². The first-order valence-electron chi connectivity index (χ1n) is 10.0. The van der Waals surface area contributed by atoms with Crippen molar-refractivity contribution in [2.24, 2.45) is 0 Å². The maximum Gasteiger partial charge on any atom is 0.256 e. The minimum Gasteiger partial charge on any atom is -0.497 e. The molecule has 3 aromatic rings. The Kier molecular flexibility index (Phi) is 6.08. The van der Waals surface area contributed by atoms with Crippen LogP contribution in [0.5, 0.6) is 5.75 Å². The van der Waals surface area contributed by atoms with E-state index in [0.29, 0.717) is 12.4 Å². The Balaban J connectivity index is 1.44. The number of aromatic nitrogens is 2. The van der Waals surface area contributed by atoms with Gasteiger partial charge in [-0.15, -0.1) is 0 Å². The van der Waals surface area contributed by atoms with Gasteiger partial charge in [-0.3, -0.25) is 9.78 Å². The number of rotatable bonds is 5. The predicted octanol–water partition coefficient (Wildman–Crippen LogP) is 3.77. The smallest absolute Gasteiger partial charge is 0.256 e. The summed E-state index contributed by atoms with van der Waals surface area (Å²) in [6.07, 6.45) is 0.576. The number of nitrogens with one attached hydrogen (secondary N) is 1. The van der Waals surface area contributed by atoms with Crippen molar-refractivity contribution < 1.29 is 4.74 Å². The van der Waals surface area contributed by atoms with Crippen LogP contribution in [0.1, 0.15) is 16.8 Å². The van der Waals surface area contributed by atoms with Gasteiger partial charge in [-0.2, -0.15) is 0 Å². The zero-order valence-corrected chi connectivity index (χ0v) is 18.8. The molecule has 1 aromatic heterocycles. The van der Waals surface area contributed by atoms with Gasteiger partial charge in [0.25, 0.3) is 5.56 Å². The van der Waals surface area contributed by atoms with E-state index in [1.54, 1.807) is 7.11 Å². The zero-order chi connectivity index (χ0) is 21.1. The van der Waals surface area contributed by atoms with Crippen LogP contribution in [0.15, 0.2) is 57.8 Å². The zero-order valence-electron chi connectivity index (χ0n) is 17.2. The number of H-pyrrole nitrogens is 1. The van der Waals surface area contributed by atoms with Crippen LogP contribution < -0.4 is 20.1 Å². The second-order valence-electron chi connectivity index (χ2n) is 7.43. The van der Waals surface area contributed by atoms with Crippen LogP contribution in [-0.4, -0.2) is 43.3 Å². The molecule has 0 saturated carbocycles. The Labute approximate surface area is 184 Å². The van der Waals surface area contributed by atoms with E-state index in [-0.39, 0.29) is 5.56 Å². The SMILES string of the molecule is COc1ccc(N2CCN(c3nc(C)c(Cc4ccc(Br)cc4)c(=O)[nH]3)CC2)cc1. The number of hydrogen-bond donors (Lipinski definition) is 1. The summed E-state index contributed by atoms with van der Waals surface area (Å²) in [4.78, 5) is 25.0. The first-order valence-corrected chi connectivity index (χ1v) is 10.8. The summed E-state index contributed by atoms with van der Waals surface area (Å²) in [7, 11) is 1.67. The summed E-state index contributed by atoms with van der Waals surface area (Å²) in [5, 5.41) is 0. The number of aryl methyl sites for hydroxylation is 1. The maximum atomic E-state index is 12.8. The Hall–Kier alpha value is -2.80. The number of hydrogen-bond acceptors (Lipinski definition) is 5. The van der Waals surface area contributed by atoms with Crippen LogP contribution in [-0.2, 0) is 6.42 Å². The molecule has 7 heteroatoms. The summed E-state index contributed by atoms with van der Waals surface area (Å²) in [6, 6.07) is 16.1. The number of aromatic amines is 1. The quantitative estimate of drug-likeness (QED) is 0.617. The molecule has 1 saturated heterocycles. The van der Waals surface area contributed by atoms with Gasteiger partial charge in [-0.25, -0.2) is 4.98 Å². The molecule has 0 aliphatic carbocycles. The van der Waals surface area contributed by atoms with E-state index < -0.39 is 0 Å². The number of halogens is 1. The largest absolute Gasteiger partial charge is 0.497 e. The molecule has 6 nitrogen and oxygen atoms in total. The molecular formula is C23H25BrN4O2. The topological polar surface area (TPSA) is 61.5 Å². The molecule has 0 unspecified atom stereocenters. The Bertz CT molecular complexity index is 1060. The normalized spacial score (nSPS) is 14.1. The number of anilines is 2. The van der Waals surface area contributed by atoms with Crippen molar-refractivity contribution in [2.45, 2.75) is 13.3 Å². The standard InChI is InChI=1S/C23H25BrN4O2/c1-16-21(15-17-3-5-18(24)6-4-17)22(29)26-23(25-16)28-13-11-27(12-14-28)19-7-9-20(30-2)10-8-19/h3-10H,11-15H2,1-2H3,(H,25,26,29). The van der Waals surface area contributed by atoms with Gasteiger partial charge in [0.15, 0.2) is 0 Å². The van der Waals surface area contributed by atoms with Gasteiger partial charge in [-0.1, -0.05) is 28.1 Å². The Morgan fingerprint density at radius 1 is 1.00 bits per heavy atom. The highest BCUT2D eigenvalue weighted by Gasteiger charge is 2.20. The number of benzene rings is 2. The van der Waals surface area contributed by atoms with Gasteiger partial charge in [0.1, 0.15) is 5.75 Å². The second-order valence-corrected chi connectivity index (χ2v) is 8.34. The van der Waals surface area contributed by atoms with Crippen LogP contribution in [0.3, 0.4) is 0 Å². The van der Waals surface area contributed by atoms with Crippen molar-refractivity contribution in [1.82, 2.24) is 9.97 Å². The third-order valence-electron chi connectivity index (χ3n) is 5.52. The summed E-state index contributed by atoms with van der Waals surface area (Å²) in [5.74, 6) is 1.52. The highest BCUT2D eigenvalue weighted by molar-refractivity contribution is 9.10. The summed E-state index contributed by atoms with van der Waals surface area (Å²) in [6.45, 7) is 5.27. The lowest BCUT2D eigenvalue weighted by Gasteiger charge is -2.36. The third kappa shape index (κ3) is 4.51. The number of methoxy groups -OCH3 is 1. The molecule has 0 atom stereocenters. The molecular weight excluding hydrogens is 444 g/mol. The lowest BCUT2D eigenvalue weighted by Crippen LogP contribution is -2.47. The van der Waals surface area contributed by atoms with Crippen molar-refractivity contribution in [2.75, 3.05) is 43.1 Å². The second kappa shape index (κ2) is 8.92. The van der Waals surface area contributed by atoms with Crippen LogP contribution >= 0.6 is 15.9 Å². The molecule has 0 bridgehead atoms. The molecule has 2 aromatic carbocycles. The van der Waals surface area contributed by atoms with Crippen LogP contribution in [0, 0.1) is 6.92 Å². The summed E-state index contributed by atoms with van der Waals surface area (Å²) < 4.78 is 6.26. The van der Waals surface area contributed by atoms with Crippen LogP contribution in [0.2, 0.25) is 0 Å². The van der Waals surface area contributed by atoms with E-state index >= 15 is 0 Å². The monoisotopic (exact) mass is 468 g/mol. The number of ether oxygens (including phenoxy) is 1. The minimum absolute atomic E-state index is 0.0574. The molecule has 0 amide bonds. The molecule has 156 valence electrons. The van der Waals surface area contributed by atoms with Crippen molar-refractivity contribution in [3.8, 4) is 5.75 Å². The number of piperazine rings is 1. The summed E-state index contributed by atoms with van der Waals surface area (Å²) >= 11 is 3.44. The molecule has 1 fully saturated rings. The van der Waals surface area contributed by atoms with Gasteiger partial charge in [0.2, 0.25) is 5.95 Å². The van der Waals surface area contributed by atoms with Crippen molar-refractivity contribution in [3.63, 3.8) is 0 Å².